The smallest absolute Gasteiger partial charge is 0.000634 e. The van der Waals surface area contributed by atoms with Crippen molar-refractivity contribution in [1.29, 1.82) is 0 Å². The van der Waals surface area contributed by atoms with E-state index in [0.29, 0.717) is 5.41 Å². The van der Waals surface area contributed by atoms with E-state index in [1.54, 1.807) is 0 Å². The van der Waals surface area contributed by atoms with E-state index in [0.717, 1.165) is 5.92 Å². The van der Waals surface area contributed by atoms with Crippen molar-refractivity contribution in [3.63, 3.8) is 0 Å². The van der Waals surface area contributed by atoms with Crippen molar-refractivity contribution < 1.29 is 0 Å². The molecule has 1 fully saturated rings. The molecule has 0 nitrogen and oxygen atoms in total. The molecule has 1 aliphatic rings. The minimum atomic E-state index is 0.422. The van der Waals surface area contributed by atoms with E-state index < -0.39 is 0 Å². The van der Waals surface area contributed by atoms with Crippen molar-refractivity contribution >= 4 is 0 Å². The van der Waals surface area contributed by atoms with Crippen LogP contribution in [0.4, 0.5) is 0 Å². The number of allylic oxidation sites excluding steroid dienone is 2. The van der Waals surface area contributed by atoms with Crippen molar-refractivity contribution in [1.82, 2.24) is 0 Å². The second kappa shape index (κ2) is 4.22. The lowest BCUT2D eigenvalue weighted by Crippen LogP contribution is -2.02. The normalized spacial score (nSPS) is 29.6. The molecule has 0 unspecified atom stereocenters. The molecular formula is C15H20. The highest BCUT2D eigenvalue weighted by Gasteiger charge is 2.49. The molecule has 0 aromatic heterocycles. The van der Waals surface area contributed by atoms with Crippen LogP contribution in [0.25, 0.3) is 0 Å². The molecule has 0 saturated heterocycles. The Morgan fingerprint density at radius 2 is 2.07 bits per heavy atom. The Morgan fingerprint density at radius 3 is 2.73 bits per heavy atom. The van der Waals surface area contributed by atoms with Gasteiger partial charge in [0.2, 0.25) is 0 Å². The van der Waals surface area contributed by atoms with Gasteiger partial charge in [-0.1, -0.05) is 62.8 Å². The van der Waals surface area contributed by atoms with Gasteiger partial charge in [0, 0.05) is 0 Å². The highest BCUT2D eigenvalue weighted by molar-refractivity contribution is 5.34. The van der Waals surface area contributed by atoms with Crippen LogP contribution < -0.4 is 0 Å². The Hall–Kier alpha value is -1.04. The second-order valence-electron chi connectivity index (χ2n) is 4.81. The summed E-state index contributed by atoms with van der Waals surface area (Å²) in [7, 11) is 0. The standard InChI is InChI=1S/C15H20/c1-3-4-6-11-14-12-15(14,2)13-9-7-5-8-10-13/h5-11,14H,3-4,12H2,1-2H3/b11-6+/t14-,15+/m1/s1. The molecule has 80 valence electrons. The molecule has 15 heavy (non-hydrogen) atoms. The topological polar surface area (TPSA) is 0 Å². The third kappa shape index (κ3) is 2.14. The number of hydrogen-bond donors (Lipinski definition) is 0. The minimum absolute atomic E-state index is 0.422. The minimum Gasteiger partial charge on any atom is -0.0882 e. The van der Waals surface area contributed by atoms with Crippen LogP contribution in [0.3, 0.4) is 0 Å². The summed E-state index contributed by atoms with van der Waals surface area (Å²) in [5.41, 5.74) is 1.92. The van der Waals surface area contributed by atoms with Gasteiger partial charge in [0.15, 0.2) is 0 Å². The van der Waals surface area contributed by atoms with Crippen LogP contribution in [0, 0.1) is 5.92 Å². The lowest BCUT2D eigenvalue weighted by atomic mass is 9.95. The zero-order valence-electron chi connectivity index (χ0n) is 9.74. The van der Waals surface area contributed by atoms with Crippen LogP contribution in [0.5, 0.6) is 0 Å². The Balaban J connectivity index is 2.01. The van der Waals surface area contributed by atoms with E-state index in [9.17, 15) is 0 Å². The maximum Gasteiger partial charge on any atom is -0.000634 e. The molecule has 0 radical (unpaired) electrons. The van der Waals surface area contributed by atoms with Crippen molar-refractivity contribution in [3.05, 3.63) is 48.0 Å². The van der Waals surface area contributed by atoms with Crippen LogP contribution in [0.2, 0.25) is 0 Å². The Bertz CT molecular complexity index is 336. The van der Waals surface area contributed by atoms with E-state index >= 15 is 0 Å². The average Bonchev–Trinajstić information content (AvgIpc) is 2.93. The Kier molecular flexibility index (Phi) is 2.95. The van der Waals surface area contributed by atoms with Crippen LogP contribution in [0.1, 0.15) is 38.7 Å². The summed E-state index contributed by atoms with van der Waals surface area (Å²) in [5, 5.41) is 0. The quantitative estimate of drug-likeness (QED) is 0.635. The maximum absolute atomic E-state index is 2.41. The Morgan fingerprint density at radius 1 is 1.33 bits per heavy atom. The first-order chi connectivity index (χ1) is 7.27. The van der Waals surface area contributed by atoms with Gasteiger partial charge < -0.3 is 0 Å². The molecule has 2 atom stereocenters. The van der Waals surface area contributed by atoms with Gasteiger partial charge in [-0.25, -0.2) is 0 Å². The third-order valence-electron chi connectivity index (χ3n) is 3.56. The Labute approximate surface area is 93.0 Å². The van der Waals surface area contributed by atoms with Gasteiger partial charge in [-0.3, -0.25) is 0 Å². The first-order valence-corrected chi connectivity index (χ1v) is 5.99. The van der Waals surface area contributed by atoms with Crippen molar-refractivity contribution in [2.24, 2.45) is 5.92 Å². The molecule has 0 bridgehead atoms. The average molecular weight is 200 g/mol. The molecule has 1 aromatic rings. The fourth-order valence-electron chi connectivity index (χ4n) is 2.26. The van der Waals surface area contributed by atoms with Crippen LogP contribution in [-0.4, -0.2) is 0 Å². The van der Waals surface area contributed by atoms with Gasteiger partial charge in [-0.2, -0.15) is 0 Å². The van der Waals surface area contributed by atoms with Gasteiger partial charge in [-0.05, 0) is 29.7 Å². The SMILES string of the molecule is CCC/C=C/[C@@H]1C[C@@]1(C)c1ccccc1. The van der Waals surface area contributed by atoms with E-state index in [4.69, 9.17) is 0 Å². The van der Waals surface area contributed by atoms with Crippen molar-refractivity contribution in [2.45, 2.75) is 38.5 Å². The lowest BCUT2D eigenvalue weighted by Gasteiger charge is -2.09. The highest BCUT2D eigenvalue weighted by atomic mass is 14.5. The van der Waals surface area contributed by atoms with E-state index in [1.165, 1.54) is 24.8 Å². The van der Waals surface area contributed by atoms with Gasteiger partial charge >= 0.3 is 0 Å². The van der Waals surface area contributed by atoms with Crippen molar-refractivity contribution in [3.8, 4) is 0 Å². The molecule has 1 aromatic carbocycles. The molecule has 0 N–H and O–H groups in total. The zero-order valence-corrected chi connectivity index (χ0v) is 9.74. The first-order valence-electron chi connectivity index (χ1n) is 5.99. The fraction of sp³-hybridized carbons (Fsp3) is 0.467. The third-order valence-corrected chi connectivity index (χ3v) is 3.56. The molecule has 0 heterocycles. The summed E-state index contributed by atoms with van der Waals surface area (Å²) in [6, 6.07) is 10.9. The second-order valence-corrected chi connectivity index (χ2v) is 4.81. The zero-order chi connectivity index (χ0) is 10.7. The molecule has 0 aliphatic heterocycles. The molecule has 0 amide bonds. The van der Waals surface area contributed by atoms with Crippen molar-refractivity contribution in [2.75, 3.05) is 0 Å². The van der Waals surface area contributed by atoms with E-state index in [2.05, 4.69) is 56.3 Å². The van der Waals surface area contributed by atoms with Gasteiger partial charge in [-0.15, -0.1) is 0 Å². The van der Waals surface area contributed by atoms with Gasteiger partial charge in [0.05, 0.1) is 0 Å². The summed E-state index contributed by atoms with van der Waals surface area (Å²) in [4.78, 5) is 0. The molecule has 0 spiro atoms. The summed E-state index contributed by atoms with van der Waals surface area (Å²) in [6.07, 6.45) is 8.55. The number of hydrogen-bond acceptors (Lipinski definition) is 0. The summed E-state index contributed by atoms with van der Waals surface area (Å²) < 4.78 is 0. The predicted octanol–water partition coefficient (Wildman–Crippen LogP) is 4.32. The summed E-state index contributed by atoms with van der Waals surface area (Å²) in [6.45, 7) is 4.61. The maximum atomic E-state index is 2.41. The van der Waals surface area contributed by atoms with Crippen LogP contribution in [-0.2, 0) is 5.41 Å². The molecular weight excluding hydrogens is 180 g/mol. The lowest BCUT2D eigenvalue weighted by molar-refractivity contribution is 0.734. The molecule has 0 heteroatoms. The summed E-state index contributed by atoms with van der Waals surface area (Å²) in [5.74, 6) is 0.770. The first kappa shape index (κ1) is 10.5. The summed E-state index contributed by atoms with van der Waals surface area (Å²) >= 11 is 0. The fourth-order valence-corrected chi connectivity index (χ4v) is 2.26. The van der Waals surface area contributed by atoms with Crippen LogP contribution in [0.15, 0.2) is 42.5 Å². The highest BCUT2D eigenvalue weighted by Crippen LogP contribution is 2.54. The van der Waals surface area contributed by atoms with E-state index in [1.807, 2.05) is 0 Å². The van der Waals surface area contributed by atoms with Crippen LogP contribution >= 0.6 is 0 Å². The van der Waals surface area contributed by atoms with Gasteiger partial charge in [0.25, 0.3) is 0 Å². The molecule has 1 aliphatic carbocycles. The molecule has 2 rings (SSSR count). The largest absolute Gasteiger partial charge is 0.0882 e. The number of benzene rings is 1. The van der Waals surface area contributed by atoms with Gasteiger partial charge in [0.1, 0.15) is 0 Å². The predicted molar refractivity (Wildman–Crippen MR) is 65.9 cm³/mol. The number of unbranched alkanes of at least 4 members (excludes halogenated alkanes) is 1. The monoisotopic (exact) mass is 200 g/mol. The number of rotatable bonds is 4. The molecule has 1 saturated carbocycles. The van der Waals surface area contributed by atoms with E-state index in [-0.39, 0.29) is 0 Å².